The normalized spacial score (nSPS) is 15.3. The Labute approximate surface area is 187 Å². The van der Waals surface area contributed by atoms with E-state index >= 15 is 0 Å². The van der Waals surface area contributed by atoms with Crippen molar-refractivity contribution in [3.63, 3.8) is 0 Å². The lowest BCUT2D eigenvalue weighted by Crippen LogP contribution is -2.50. The van der Waals surface area contributed by atoms with E-state index in [9.17, 15) is 4.79 Å². The number of piperazine rings is 1. The van der Waals surface area contributed by atoms with Crippen LogP contribution < -0.4 is 4.90 Å². The molecule has 1 amide bonds. The number of para-hydroxylation sites is 1. The van der Waals surface area contributed by atoms with Crippen molar-refractivity contribution in [2.24, 2.45) is 0 Å². The first-order chi connectivity index (χ1) is 15.2. The predicted octanol–water partition coefficient (Wildman–Crippen LogP) is 3.40. The van der Waals surface area contributed by atoms with Crippen LogP contribution in [0, 0.1) is 0 Å². The van der Waals surface area contributed by atoms with Crippen LogP contribution in [-0.4, -0.2) is 71.7 Å². The van der Waals surface area contributed by atoms with Crippen molar-refractivity contribution in [1.29, 1.82) is 0 Å². The van der Waals surface area contributed by atoms with Crippen LogP contribution in [0.5, 0.6) is 0 Å². The van der Waals surface area contributed by atoms with Crippen LogP contribution >= 0.6 is 11.3 Å². The Kier molecular flexibility index (Phi) is 7.45. The lowest BCUT2D eigenvalue weighted by Gasteiger charge is -2.35. The molecule has 0 unspecified atom stereocenters. The van der Waals surface area contributed by atoms with Gasteiger partial charge in [0.25, 0.3) is 0 Å². The van der Waals surface area contributed by atoms with Gasteiger partial charge in [0.1, 0.15) is 0 Å². The highest BCUT2D eigenvalue weighted by atomic mass is 32.1. The van der Waals surface area contributed by atoms with Crippen LogP contribution in [0.15, 0.2) is 52.4 Å². The maximum Gasteiger partial charge on any atom is 0.241 e. The molecular formula is C23H29N5O2S. The Bertz CT molecular complexity index is 936. The minimum Gasteiger partial charge on any atom is -0.339 e. The van der Waals surface area contributed by atoms with Crippen LogP contribution in [0.4, 0.5) is 5.69 Å². The van der Waals surface area contributed by atoms with E-state index in [0.29, 0.717) is 24.8 Å². The van der Waals surface area contributed by atoms with Crippen molar-refractivity contribution < 1.29 is 9.32 Å². The maximum absolute atomic E-state index is 12.8. The van der Waals surface area contributed by atoms with E-state index in [4.69, 9.17) is 4.52 Å². The molecule has 0 N–H and O–H groups in total. The molecule has 0 aliphatic carbocycles. The van der Waals surface area contributed by atoms with Crippen molar-refractivity contribution in [3.05, 3.63) is 53.7 Å². The summed E-state index contributed by atoms with van der Waals surface area (Å²) in [6.45, 7) is 7.99. The first-order valence-corrected chi connectivity index (χ1v) is 11.8. The summed E-state index contributed by atoms with van der Waals surface area (Å²) in [4.78, 5) is 24.9. The number of likely N-dealkylation sites (N-methyl/N-ethyl adjacent to an activating group) is 1. The van der Waals surface area contributed by atoms with Crippen molar-refractivity contribution in [1.82, 2.24) is 19.9 Å². The molecule has 31 heavy (non-hydrogen) atoms. The summed E-state index contributed by atoms with van der Waals surface area (Å²) in [5.74, 6) is 1.55. The summed E-state index contributed by atoms with van der Waals surface area (Å²) in [6.07, 6.45) is 1.78. The number of carbonyl (C=O) groups is 1. The van der Waals surface area contributed by atoms with Gasteiger partial charge < -0.3 is 14.3 Å². The highest BCUT2D eigenvalue weighted by molar-refractivity contribution is 7.13. The number of nitrogens with zero attached hydrogens (tertiary/aromatic N) is 5. The number of rotatable bonds is 9. The van der Waals surface area contributed by atoms with Crippen LogP contribution in [0.3, 0.4) is 0 Å². The zero-order valence-electron chi connectivity index (χ0n) is 17.9. The number of hydrogen-bond donors (Lipinski definition) is 0. The molecule has 7 nitrogen and oxygen atoms in total. The molecule has 0 saturated carbocycles. The van der Waals surface area contributed by atoms with Crippen LogP contribution in [0.1, 0.15) is 19.2 Å². The van der Waals surface area contributed by atoms with Gasteiger partial charge in [-0.1, -0.05) is 29.4 Å². The summed E-state index contributed by atoms with van der Waals surface area (Å²) in [7, 11) is 0. The summed E-state index contributed by atoms with van der Waals surface area (Å²) >= 11 is 1.62. The largest absolute Gasteiger partial charge is 0.339 e. The minimum atomic E-state index is 0.167. The molecule has 1 saturated heterocycles. The van der Waals surface area contributed by atoms with Gasteiger partial charge in [-0.05, 0) is 43.5 Å². The van der Waals surface area contributed by atoms with Gasteiger partial charge in [0.05, 0.1) is 11.4 Å². The summed E-state index contributed by atoms with van der Waals surface area (Å²) in [6, 6.07) is 13.9. The number of anilines is 1. The molecule has 2 aromatic heterocycles. The second kappa shape index (κ2) is 10.7. The number of aryl methyl sites for hydroxylation is 1. The second-order valence-electron chi connectivity index (χ2n) is 7.68. The van der Waals surface area contributed by atoms with E-state index < -0.39 is 0 Å². The first-order valence-electron chi connectivity index (χ1n) is 10.9. The fraction of sp³-hybridized carbons (Fsp3) is 0.435. The molecular weight excluding hydrogens is 410 g/mol. The summed E-state index contributed by atoms with van der Waals surface area (Å²) in [5, 5.41) is 6.09. The summed E-state index contributed by atoms with van der Waals surface area (Å²) in [5.41, 5.74) is 0.969. The molecule has 0 atom stereocenters. The summed E-state index contributed by atoms with van der Waals surface area (Å²) < 4.78 is 5.38. The van der Waals surface area contributed by atoms with Gasteiger partial charge in [-0.2, -0.15) is 4.98 Å². The van der Waals surface area contributed by atoms with Gasteiger partial charge in [-0.3, -0.25) is 9.69 Å². The first kappa shape index (κ1) is 21.7. The van der Waals surface area contributed by atoms with E-state index in [2.05, 4.69) is 19.9 Å². The van der Waals surface area contributed by atoms with Gasteiger partial charge in [-0.25, -0.2) is 0 Å². The van der Waals surface area contributed by atoms with Crippen molar-refractivity contribution in [3.8, 4) is 10.7 Å². The lowest BCUT2D eigenvalue weighted by atomic mass is 10.2. The van der Waals surface area contributed by atoms with Gasteiger partial charge in [0, 0.05) is 44.8 Å². The van der Waals surface area contributed by atoms with Gasteiger partial charge in [0.2, 0.25) is 17.6 Å². The monoisotopic (exact) mass is 439 g/mol. The SMILES string of the molecule is CCN(C(=O)CN1CCN(CCCc2nc(-c3cccs3)no2)CC1)c1ccccc1. The molecule has 1 aliphatic rings. The Morgan fingerprint density at radius 3 is 2.58 bits per heavy atom. The molecule has 164 valence electrons. The van der Waals surface area contributed by atoms with Crippen LogP contribution in [-0.2, 0) is 11.2 Å². The van der Waals surface area contributed by atoms with Crippen LogP contribution in [0.25, 0.3) is 10.7 Å². The second-order valence-corrected chi connectivity index (χ2v) is 8.63. The maximum atomic E-state index is 12.8. The number of aromatic nitrogens is 2. The number of hydrogen-bond acceptors (Lipinski definition) is 7. The quantitative estimate of drug-likeness (QED) is 0.509. The molecule has 0 radical (unpaired) electrons. The molecule has 3 aromatic rings. The molecule has 0 bridgehead atoms. The smallest absolute Gasteiger partial charge is 0.241 e. The third-order valence-corrected chi connectivity index (χ3v) is 6.45. The molecule has 1 fully saturated rings. The van der Waals surface area contributed by atoms with Crippen molar-refractivity contribution in [2.75, 3.05) is 50.7 Å². The van der Waals surface area contributed by atoms with Crippen molar-refractivity contribution in [2.45, 2.75) is 19.8 Å². The highest BCUT2D eigenvalue weighted by Crippen LogP contribution is 2.21. The van der Waals surface area contributed by atoms with Gasteiger partial charge >= 0.3 is 0 Å². The zero-order valence-corrected chi connectivity index (χ0v) is 18.8. The van der Waals surface area contributed by atoms with E-state index in [1.54, 1.807) is 11.3 Å². The Hall–Kier alpha value is -2.55. The molecule has 1 aromatic carbocycles. The molecule has 0 spiro atoms. The number of carbonyl (C=O) groups excluding carboxylic acids is 1. The van der Waals surface area contributed by atoms with Crippen LogP contribution in [0.2, 0.25) is 0 Å². The fourth-order valence-electron chi connectivity index (χ4n) is 3.87. The predicted molar refractivity (Wildman–Crippen MR) is 123 cm³/mol. The van der Waals surface area contributed by atoms with E-state index in [1.807, 2.05) is 59.7 Å². The topological polar surface area (TPSA) is 65.7 Å². The van der Waals surface area contributed by atoms with E-state index in [0.717, 1.165) is 56.1 Å². The third kappa shape index (κ3) is 5.78. The number of benzene rings is 1. The third-order valence-electron chi connectivity index (χ3n) is 5.58. The van der Waals surface area contributed by atoms with E-state index in [-0.39, 0.29) is 5.91 Å². The molecule has 4 rings (SSSR count). The number of thiophene rings is 1. The Morgan fingerprint density at radius 2 is 1.87 bits per heavy atom. The number of amides is 1. The minimum absolute atomic E-state index is 0.167. The highest BCUT2D eigenvalue weighted by Gasteiger charge is 2.22. The fourth-order valence-corrected chi connectivity index (χ4v) is 4.52. The zero-order chi connectivity index (χ0) is 21.5. The average molecular weight is 440 g/mol. The lowest BCUT2D eigenvalue weighted by molar-refractivity contribution is -0.120. The standard InChI is InChI=1S/C23H29N5O2S/c1-2-28(19-8-4-3-5-9-19)22(29)18-27-15-13-26(14-16-27)12-6-11-21-24-23(25-30-21)20-10-7-17-31-20/h3-5,7-10,17H,2,6,11-16,18H2,1H3. The van der Waals surface area contributed by atoms with E-state index in [1.165, 1.54) is 0 Å². The average Bonchev–Trinajstić information content (AvgIpc) is 3.48. The Balaban J connectivity index is 1.17. The van der Waals surface area contributed by atoms with Gasteiger partial charge in [0.15, 0.2) is 0 Å². The molecule has 8 heteroatoms. The Morgan fingerprint density at radius 1 is 1.10 bits per heavy atom. The van der Waals surface area contributed by atoms with Crippen molar-refractivity contribution >= 4 is 22.9 Å². The molecule has 1 aliphatic heterocycles. The van der Waals surface area contributed by atoms with Gasteiger partial charge in [-0.15, -0.1) is 11.3 Å². The molecule has 3 heterocycles.